The van der Waals surface area contributed by atoms with Crippen LogP contribution in [-0.2, 0) is 12.0 Å². The van der Waals surface area contributed by atoms with Gasteiger partial charge in [-0.15, -0.1) is 0 Å². The minimum Gasteiger partial charge on any atom is -0.493 e. The van der Waals surface area contributed by atoms with E-state index < -0.39 is 0 Å². The van der Waals surface area contributed by atoms with E-state index in [1.54, 1.807) is 0 Å². The van der Waals surface area contributed by atoms with Crippen LogP contribution in [0.3, 0.4) is 0 Å². The molecular formula is C18H27NO. The highest BCUT2D eigenvalue weighted by atomic mass is 16.5. The molecule has 0 spiro atoms. The van der Waals surface area contributed by atoms with Gasteiger partial charge >= 0.3 is 0 Å². The Morgan fingerprint density at radius 2 is 2.10 bits per heavy atom. The SMILES string of the molecule is CC1CCC(C(C)C)C(N)(c2ccc3c(c2)CCO3)C1. The van der Waals surface area contributed by atoms with Gasteiger partial charge in [-0.3, -0.25) is 0 Å². The van der Waals surface area contributed by atoms with Crippen molar-refractivity contribution in [3.63, 3.8) is 0 Å². The van der Waals surface area contributed by atoms with Crippen molar-refractivity contribution in [1.29, 1.82) is 0 Å². The topological polar surface area (TPSA) is 35.2 Å². The number of hydrogen-bond acceptors (Lipinski definition) is 2. The maximum Gasteiger partial charge on any atom is 0.122 e. The van der Waals surface area contributed by atoms with Crippen LogP contribution < -0.4 is 10.5 Å². The maximum absolute atomic E-state index is 6.97. The second kappa shape index (κ2) is 5.07. The fourth-order valence-corrected chi connectivity index (χ4v) is 4.29. The Kier molecular flexibility index (Phi) is 3.53. The molecule has 2 N–H and O–H groups in total. The minimum atomic E-state index is -0.163. The third kappa shape index (κ3) is 2.24. The van der Waals surface area contributed by atoms with E-state index in [1.807, 2.05) is 0 Å². The summed E-state index contributed by atoms with van der Waals surface area (Å²) in [5.74, 6) is 3.00. The highest BCUT2D eigenvalue weighted by Crippen LogP contribution is 2.46. The predicted molar refractivity (Wildman–Crippen MR) is 82.8 cm³/mol. The molecule has 2 heteroatoms. The number of rotatable bonds is 2. The van der Waals surface area contributed by atoms with Crippen LogP contribution in [0.2, 0.25) is 0 Å². The van der Waals surface area contributed by atoms with E-state index in [0.717, 1.165) is 31.1 Å². The Labute approximate surface area is 122 Å². The van der Waals surface area contributed by atoms with E-state index in [4.69, 9.17) is 10.5 Å². The molecule has 0 radical (unpaired) electrons. The third-order valence-corrected chi connectivity index (χ3v) is 5.35. The van der Waals surface area contributed by atoms with Crippen molar-refractivity contribution in [2.75, 3.05) is 6.61 Å². The van der Waals surface area contributed by atoms with Gasteiger partial charge in [-0.05, 0) is 47.8 Å². The van der Waals surface area contributed by atoms with Crippen molar-refractivity contribution in [2.24, 2.45) is 23.5 Å². The van der Waals surface area contributed by atoms with Crippen LogP contribution in [0.4, 0.5) is 0 Å². The molecule has 0 aromatic heterocycles. The first-order chi connectivity index (χ1) is 9.50. The van der Waals surface area contributed by atoms with Gasteiger partial charge in [-0.25, -0.2) is 0 Å². The summed E-state index contributed by atoms with van der Waals surface area (Å²) < 4.78 is 5.63. The smallest absolute Gasteiger partial charge is 0.122 e. The summed E-state index contributed by atoms with van der Waals surface area (Å²) >= 11 is 0. The standard InChI is InChI=1S/C18H27NO/c1-12(2)16-6-4-13(3)11-18(16,19)15-5-7-17-14(10-15)8-9-20-17/h5,7,10,12-13,16H,4,6,8-9,11,19H2,1-3H3. The van der Waals surface area contributed by atoms with Gasteiger partial charge in [0.25, 0.3) is 0 Å². The summed E-state index contributed by atoms with van der Waals surface area (Å²) in [5, 5.41) is 0. The van der Waals surface area contributed by atoms with E-state index in [0.29, 0.717) is 11.8 Å². The van der Waals surface area contributed by atoms with Crippen LogP contribution in [0, 0.1) is 17.8 Å². The number of nitrogens with two attached hydrogens (primary N) is 1. The van der Waals surface area contributed by atoms with E-state index in [-0.39, 0.29) is 5.54 Å². The zero-order valence-electron chi connectivity index (χ0n) is 13.0. The number of ether oxygens (including phenoxy) is 1. The normalized spacial score (nSPS) is 33.0. The molecule has 3 unspecified atom stereocenters. The summed E-state index contributed by atoms with van der Waals surface area (Å²) in [6.07, 6.45) is 4.70. The fraction of sp³-hybridized carbons (Fsp3) is 0.667. The first-order valence-corrected chi connectivity index (χ1v) is 8.06. The molecule has 0 saturated heterocycles. The van der Waals surface area contributed by atoms with Crippen molar-refractivity contribution in [1.82, 2.24) is 0 Å². The monoisotopic (exact) mass is 273 g/mol. The molecule has 1 saturated carbocycles. The Hall–Kier alpha value is -1.02. The zero-order valence-corrected chi connectivity index (χ0v) is 13.0. The van der Waals surface area contributed by atoms with Gasteiger partial charge < -0.3 is 10.5 Å². The van der Waals surface area contributed by atoms with E-state index in [1.165, 1.54) is 24.0 Å². The highest BCUT2D eigenvalue weighted by Gasteiger charge is 2.42. The first kappa shape index (κ1) is 13.9. The van der Waals surface area contributed by atoms with Gasteiger partial charge in [0, 0.05) is 12.0 Å². The van der Waals surface area contributed by atoms with Crippen LogP contribution in [-0.4, -0.2) is 6.61 Å². The Balaban J connectivity index is 1.99. The Bertz CT molecular complexity index is 496. The largest absolute Gasteiger partial charge is 0.493 e. The lowest BCUT2D eigenvalue weighted by atomic mass is 9.62. The number of benzene rings is 1. The average molecular weight is 273 g/mol. The molecule has 1 aliphatic carbocycles. The van der Waals surface area contributed by atoms with E-state index in [2.05, 4.69) is 39.0 Å². The second-order valence-electron chi connectivity index (χ2n) is 7.20. The molecule has 1 fully saturated rings. The molecule has 0 amide bonds. The molecule has 1 aromatic carbocycles. The summed E-state index contributed by atoms with van der Waals surface area (Å²) in [5.41, 5.74) is 9.47. The first-order valence-electron chi connectivity index (χ1n) is 8.06. The molecule has 2 nitrogen and oxygen atoms in total. The molecule has 0 bridgehead atoms. The number of hydrogen-bond donors (Lipinski definition) is 1. The van der Waals surface area contributed by atoms with Crippen molar-refractivity contribution in [2.45, 2.75) is 52.0 Å². The minimum absolute atomic E-state index is 0.163. The van der Waals surface area contributed by atoms with Gasteiger partial charge in [-0.1, -0.05) is 39.3 Å². The van der Waals surface area contributed by atoms with Crippen molar-refractivity contribution >= 4 is 0 Å². The lowest BCUT2D eigenvalue weighted by molar-refractivity contribution is 0.108. The van der Waals surface area contributed by atoms with Gasteiger partial charge in [0.1, 0.15) is 5.75 Å². The van der Waals surface area contributed by atoms with Crippen LogP contribution in [0.1, 0.15) is 51.2 Å². The third-order valence-electron chi connectivity index (χ3n) is 5.35. The Morgan fingerprint density at radius 1 is 1.30 bits per heavy atom. The molecule has 3 atom stereocenters. The molecule has 1 heterocycles. The average Bonchev–Trinajstić information content (AvgIpc) is 2.85. The molecule has 2 aliphatic rings. The van der Waals surface area contributed by atoms with Crippen LogP contribution >= 0.6 is 0 Å². The summed E-state index contributed by atoms with van der Waals surface area (Å²) in [4.78, 5) is 0. The molecule has 110 valence electrons. The van der Waals surface area contributed by atoms with E-state index in [9.17, 15) is 0 Å². The van der Waals surface area contributed by atoms with E-state index >= 15 is 0 Å². The zero-order chi connectivity index (χ0) is 14.3. The van der Waals surface area contributed by atoms with Gasteiger partial charge in [0.15, 0.2) is 0 Å². The molecule has 3 rings (SSSR count). The summed E-state index contributed by atoms with van der Waals surface area (Å²) in [6, 6.07) is 6.65. The predicted octanol–water partition coefficient (Wildman–Crippen LogP) is 3.87. The molecule has 20 heavy (non-hydrogen) atoms. The maximum atomic E-state index is 6.97. The fourth-order valence-electron chi connectivity index (χ4n) is 4.29. The van der Waals surface area contributed by atoms with Gasteiger partial charge in [-0.2, -0.15) is 0 Å². The van der Waals surface area contributed by atoms with Gasteiger partial charge in [0.05, 0.1) is 6.61 Å². The van der Waals surface area contributed by atoms with Crippen LogP contribution in [0.25, 0.3) is 0 Å². The molecule has 1 aliphatic heterocycles. The van der Waals surface area contributed by atoms with Crippen molar-refractivity contribution in [3.05, 3.63) is 29.3 Å². The summed E-state index contributed by atoms with van der Waals surface area (Å²) in [7, 11) is 0. The van der Waals surface area contributed by atoms with Crippen molar-refractivity contribution < 1.29 is 4.74 Å². The van der Waals surface area contributed by atoms with Crippen LogP contribution in [0.5, 0.6) is 5.75 Å². The highest BCUT2D eigenvalue weighted by molar-refractivity contribution is 5.42. The summed E-state index contributed by atoms with van der Waals surface area (Å²) in [6.45, 7) is 7.80. The van der Waals surface area contributed by atoms with Gasteiger partial charge in [0.2, 0.25) is 0 Å². The lowest BCUT2D eigenvalue weighted by Crippen LogP contribution is -2.50. The van der Waals surface area contributed by atoms with Crippen molar-refractivity contribution in [3.8, 4) is 5.75 Å². The quantitative estimate of drug-likeness (QED) is 0.888. The molecular weight excluding hydrogens is 246 g/mol. The second-order valence-corrected chi connectivity index (χ2v) is 7.20. The molecule has 1 aromatic rings. The lowest BCUT2D eigenvalue weighted by Gasteiger charge is -2.46. The Morgan fingerprint density at radius 3 is 2.85 bits per heavy atom. The van der Waals surface area contributed by atoms with Crippen LogP contribution in [0.15, 0.2) is 18.2 Å². The number of fused-ring (bicyclic) bond motifs is 1.